The van der Waals surface area contributed by atoms with E-state index in [-0.39, 0.29) is 12.1 Å². The lowest BCUT2D eigenvalue weighted by molar-refractivity contribution is -0.153. The Labute approximate surface area is 163 Å². The Kier molecular flexibility index (Phi) is 5.66. The Morgan fingerprint density at radius 2 is 1.89 bits per heavy atom. The molecule has 0 saturated heterocycles. The molecule has 0 spiro atoms. The van der Waals surface area contributed by atoms with Gasteiger partial charge in [-0.25, -0.2) is 4.98 Å². The largest absolute Gasteiger partial charge is 0.451 e. The van der Waals surface area contributed by atoms with Crippen molar-refractivity contribution in [3.05, 3.63) is 69.7 Å². The first-order chi connectivity index (χ1) is 12.9. The van der Waals surface area contributed by atoms with Crippen molar-refractivity contribution in [2.75, 3.05) is 5.32 Å². The number of carbonyl (C=O) groups excluding carboxylic acids is 2. The smallest absolute Gasteiger partial charge is 0.326 e. The minimum absolute atomic E-state index is 0.327. The molecule has 138 valence electrons. The summed E-state index contributed by atoms with van der Waals surface area (Å²) in [5.74, 6) is -1.16. The summed E-state index contributed by atoms with van der Waals surface area (Å²) in [7, 11) is 0. The number of carbonyl (C=O) groups is 2. The fourth-order valence-corrected chi connectivity index (χ4v) is 2.69. The molecule has 1 atom stereocenters. The van der Waals surface area contributed by atoms with E-state index in [0.29, 0.717) is 16.6 Å². The predicted octanol–water partition coefficient (Wildman–Crippen LogP) is 2.73. The number of amides is 1. The maximum Gasteiger partial charge on any atom is 0.326 e. The van der Waals surface area contributed by atoms with Gasteiger partial charge in [-0.3, -0.25) is 19.0 Å². The number of anilines is 1. The van der Waals surface area contributed by atoms with Crippen molar-refractivity contribution in [3.8, 4) is 0 Å². The van der Waals surface area contributed by atoms with E-state index in [4.69, 9.17) is 4.74 Å². The monoisotopic (exact) mass is 429 g/mol. The van der Waals surface area contributed by atoms with Gasteiger partial charge < -0.3 is 10.1 Å². The number of halogens is 1. The molecular weight excluding hydrogens is 414 g/mol. The van der Waals surface area contributed by atoms with Gasteiger partial charge in [0.2, 0.25) is 0 Å². The third kappa shape index (κ3) is 4.59. The molecule has 3 rings (SSSR count). The van der Waals surface area contributed by atoms with Gasteiger partial charge in [0.1, 0.15) is 6.54 Å². The highest BCUT2D eigenvalue weighted by Gasteiger charge is 2.19. The van der Waals surface area contributed by atoms with E-state index in [0.717, 1.165) is 9.04 Å². The number of nitrogens with zero attached hydrogens (tertiary/aromatic N) is 2. The number of rotatable bonds is 5. The van der Waals surface area contributed by atoms with Crippen LogP contribution in [0.15, 0.2) is 64.1 Å². The number of hydrogen-bond acceptors (Lipinski definition) is 5. The molecule has 0 bridgehead atoms. The molecule has 0 aliphatic heterocycles. The lowest BCUT2D eigenvalue weighted by Gasteiger charge is -2.14. The van der Waals surface area contributed by atoms with Crippen molar-refractivity contribution >= 4 is 44.4 Å². The lowest BCUT2D eigenvalue weighted by Crippen LogP contribution is -2.33. The highest BCUT2D eigenvalue weighted by molar-refractivity contribution is 9.10. The van der Waals surface area contributed by atoms with E-state index in [9.17, 15) is 14.4 Å². The number of para-hydroxylation sites is 1. The van der Waals surface area contributed by atoms with Crippen LogP contribution in [0, 0.1) is 0 Å². The van der Waals surface area contributed by atoms with Crippen molar-refractivity contribution in [1.29, 1.82) is 0 Å². The molecular formula is C19H16BrN3O4. The summed E-state index contributed by atoms with van der Waals surface area (Å²) >= 11 is 3.31. The molecule has 7 nitrogen and oxygen atoms in total. The zero-order valence-electron chi connectivity index (χ0n) is 14.4. The standard InChI is InChI=1S/C19H16BrN3O4/c1-12(18(25)22-14-8-6-13(20)7-9-14)27-17(24)10-23-11-21-16-5-3-2-4-15(16)19(23)26/h2-9,11-12H,10H2,1H3,(H,22,25). The van der Waals surface area contributed by atoms with E-state index >= 15 is 0 Å². The number of hydrogen-bond donors (Lipinski definition) is 1. The van der Waals surface area contributed by atoms with Crippen LogP contribution in [0.4, 0.5) is 5.69 Å². The van der Waals surface area contributed by atoms with Crippen molar-refractivity contribution < 1.29 is 14.3 Å². The van der Waals surface area contributed by atoms with Crippen molar-refractivity contribution in [1.82, 2.24) is 9.55 Å². The van der Waals surface area contributed by atoms with Gasteiger partial charge in [0.25, 0.3) is 11.5 Å². The summed E-state index contributed by atoms with van der Waals surface area (Å²) in [6, 6.07) is 13.9. The Hall–Kier alpha value is -3.00. The molecule has 8 heteroatoms. The quantitative estimate of drug-likeness (QED) is 0.629. The van der Waals surface area contributed by atoms with Gasteiger partial charge >= 0.3 is 5.97 Å². The zero-order valence-corrected chi connectivity index (χ0v) is 16.0. The third-order valence-electron chi connectivity index (χ3n) is 3.82. The number of fused-ring (bicyclic) bond motifs is 1. The van der Waals surface area contributed by atoms with Crippen LogP contribution in [-0.2, 0) is 20.9 Å². The summed E-state index contributed by atoms with van der Waals surface area (Å²) in [5, 5.41) is 3.07. The average Bonchev–Trinajstić information content (AvgIpc) is 2.66. The summed E-state index contributed by atoms with van der Waals surface area (Å²) in [5.41, 5.74) is 0.792. The van der Waals surface area contributed by atoms with Crippen LogP contribution in [0.25, 0.3) is 10.9 Å². The van der Waals surface area contributed by atoms with Crippen molar-refractivity contribution in [3.63, 3.8) is 0 Å². The van der Waals surface area contributed by atoms with E-state index in [1.807, 2.05) is 0 Å². The average molecular weight is 430 g/mol. The topological polar surface area (TPSA) is 90.3 Å². The van der Waals surface area contributed by atoms with E-state index in [1.54, 1.807) is 48.5 Å². The number of ether oxygens (including phenoxy) is 1. The predicted molar refractivity (Wildman–Crippen MR) is 104 cm³/mol. The Morgan fingerprint density at radius 1 is 1.19 bits per heavy atom. The van der Waals surface area contributed by atoms with Crippen LogP contribution in [0.5, 0.6) is 0 Å². The zero-order chi connectivity index (χ0) is 19.4. The second kappa shape index (κ2) is 8.13. The van der Waals surface area contributed by atoms with Gasteiger partial charge in [0, 0.05) is 10.2 Å². The second-order valence-corrected chi connectivity index (χ2v) is 6.74. The lowest BCUT2D eigenvalue weighted by atomic mass is 10.2. The Bertz CT molecular complexity index is 1050. The summed E-state index contributed by atoms with van der Waals surface area (Å²) in [6.07, 6.45) is 0.281. The first-order valence-corrected chi connectivity index (χ1v) is 8.93. The van der Waals surface area contributed by atoms with Crippen LogP contribution in [0.1, 0.15) is 6.92 Å². The molecule has 1 aromatic heterocycles. The maximum absolute atomic E-state index is 12.4. The van der Waals surface area contributed by atoms with Crippen molar-refractivity contribution in [2.24, 2.45) is 0 Å². The molecule has 0 saturated carbocycles. The first-order valence-electron chi connectivity index (χ1n) is 8.14. The van der Waals surface area contributed by atoms with E-state index < -0.39 is 18.0 Å². The molecule has 1 unspecified atom stereocenters. The molecule has 1 heterocycles. The fourth-order valence-electron chi connectivity index (χ4n) is 2.42. The van der Waals surface area contributed by atoms with E-state index in [1.165, 1.54) is 13.3 Å². The molecule has 27 heavy (non-hydrogen) atoms. The van der Waals surface area contributed by atoms with Gasteiger partial charge in [-0.1, -0.05) is 28.1 Å². The van der Waals surface area contributed by atoms with Gasteiger partial charge in [-0.2, -0.15) is 0 Å². The molecule has 1 amide bonds. The van der Waals surface area contributed by atoms with Gasteiger partial charge in [-0.05, 0) is 43.3 Å². The van der Waals surface area contributed by atoms with Gasteiger partial charge in [0.15, 0.2) is 6.10 Å². The van der Waals surface area contributed by atoms with Crippen LogP contribution < -0.4 is 10.9 Å². The SMILES string of the molecule is CC(OC(=O)Cn1cnc2ccccc2c1=O)C(=O)Nc1ccc(Br)cc1. The fraction of sp³-hybridized carbons (Fsp3) is 0.158. The highest BCUT2D eigenvalue weighted by atomic mass is 79.9. The van der Waals surface area contributed by atoms with Crippen LogP contribution >= 0.6 is 15.9 Å². The van der Waals surface area contributed by atoms with Gasteiger partial charge in [0.05, 0.1) is 17.2 Å². The molecule has 2 aromatic carbocycles. The maximum atomic E-state index is 12.4. The van der Waals surface area contributed by atoms with Crippen LogP contribution in [0.3, 0.4) is 0 Å². The molecule has 0 fully saturated rings. The number of esters is 1. The second-order valence-electron chi connectivity index (χ2n) is 5.82. The normalized spacial score (nSPS) is 11.8. The first kappa shape index (κ1) is 18.8. The molecule has 0 aliphatic rings. The van der Waals surface area contributed by atoms with Gasteiger partial charge in [-0.15, -0.1) is 0 Å². The summed E-state index contributed by atoms with van der Waals surface area (Å²) < 4.78 is 7.17. The van der Waals surface area contributed by atoms with E-state index in [2.05, 4.69) is 26.2 Å². The van der Waals surface area contributed by atoms with Crippen molar-refractivity contribution in [2.45, 2.75) is 19.6 Å². The Balaban J connectivity index is 1.63. The molecule has 0 aliphatic carbocycles. The highest BCUT2D eigenvalue weighted by Crippen LogP contribution is 2.14. The molecule has 1 N–H and O–H groups in total. The Morgan fingerprint density at radius 3 is 2.63 bits per heavy atom. The van der Waals surface area contributed by atoms with Crippen LogP contribution in [-0.4, -0.2) is 27.5 Å². The molecule has 3 aromatic rings. The number of aromatic nitrogens is 2. The third-order valence-corrected chi connectivity index (χ3v) is 4.35. The summed E-state index contributed by atoms with van der Waals surface area (Å²) in [4.78, 5) is 40.8. The minimum Gasteiger partial charge on any atom is -0.451 e. The number of nitrogens with one attached hydrogen (secondary N) is 1. The summed E-state index contributed by atoms with van der Waals surface area (Å²) in [6.45, 7) is 1.14. The number of benzene rings is 2. The minimum atomic E-state index is -1.01. The molecule has 0 radical (unpaired) electrons. The van der Waals surface area contributed by atoms with Crippen LogP contribution in [0.2, 0.25) is 0 Å².